The minimum atomic E-state index is -1.07. The van der Waals surface area contributed by atoms with Gasteiger partial charge >= 0.3 is 11.9 Å². The molecule has 0 aromatic heterocycles. The zero-order valence-corrected chi connectivity index (χ0v) is 20.1. The summed E-state index contributed by atoms with van der Waals surface area (Å²) in [6.07, 6.45) is 0.697. The summed E-state index contributed by atoms with van der Waals surface area (Å²) < 4.78 is 5.13. The first-order chi connectivity index (χ1) is 17.4. The number of amides is 2. The highest BCUT2D eigenvalue weighted by atomic mass is 32.2. The number of rotatable bonds is 9. The Morgan fingerprint density at radius 3 is 2.14 bits per heavy atom. The lowest BCUT2D eigenvalue weighted by Crippen LogP contribution is -2.32. The average Bonchev–Trinajstić information content (AvgIpc) is 3.12. The highest BCUT2D eigenvalue weighted by Gasteiger charge is 2.40. The second-order valence-electron chi connectivity index (χ2n) is 7.76. The number of thioether (sulfide) groups is 1. The Labute approximate surface area is 211 Å². The molecule has 1 aliphatic rings. The number of hydrogen-bond acceptors (Lipinski definition) is 7. The Hall–Kier alpha value is -4.37. The van der Waals surface area contributed by atoms with E-state index in [1.165, 1.54) is 48.5 Å². The lowest BCUT2D eigenvalue weighted by molar-refractivity contribution is -0.120. The minimum Gasteiger partial charge on any atom is -0.478 e. The first-order valence-corrected chi connectivity index (χ1v) is 11.9. The maximum Gasteiger partial charge on any atom is 0.338 e. The topological polar surface area (TPSA) is 113 Å². The van der Waals surface area contributed by atoms with Crippen molar-refractivity contribution in [3.05, 3.63) is 101 Å². The largest absolute Gasteiger partial charge is 0.478 e. The fourth-order valence-electron chi connectivity index (χ4n) is 3.42. The van der Waals surface area contributed by atoms with E-state index >= 15 is 0 Å². The molecule has 2 amide bonds. The molecule has 8 nitrogen and oxygen atoms in total. The molecule has 4 rings (SSSR count). The lowest BCUT2D eigenvalue weighted by atomic mass is 10.2. The molecule has 0 atom stereocenters. The first kappa shape index (κ1) is 24.7. The number of carboxylic acid groups (broad SMARTS) is 1. The summed E-state index contributed by atoms with van der Waals surface area (Å²) in [4.78, 5) is 52.2. The van der Waals surface area contributed by atoms with Crippen molar-refractivity contribution in [2.75, 3.05) is 16.8 Å². The number of carbonyl (C=O) groups excluding carboxylic acids is 3. The van der Waals surface area contributed by atoms with Crippen molar-refractivity contribution in [2.45, 2.75) is 18.2 Å². The van der Waals surface area contributed by atoms with E-state index in [0.717, 1.165) is 21.6 Å². The molecule has 9 heteroatoms. The molecule has 0 fully saturated rings. The number of benzene rings is 3. The van der Waals surface area contributed by atoms with Crippen LogP contribution in [0.25, 0.3) is 0 Å². The molecule has 1 heterocycles. The van der Waals surface area contributed by atoms with Crippen LogP contribution in [0.15, 0.2) is 94.4 Å². The zero-order valence-electron chi connectivity index (χ0n) is 19.3. The molecule has 1 aliphatic heterocycles. The third-order valence-electron chi connectivity index (χ3n) is 5.20. The molecule has 182 valence electrons. The highest BCUT2D eigenvalue weighted by molar-refractivity contribution is 8.04. The monoisotopic (exact) mass is 502 g/mol. The smallest absolute Gasteiger partial charge is 0.338 e. The van der Waals surface area contributed by atoms with Crippen LogP contribution in [0, 0.1) is 0 Å². The number of nitrogens with one attached hydrogen (secondary N) is 1. The molecule has 36 heavy (non-hydrogen) atoms. The zero-order chi connectivity index (χ0) is 25.7. The van der Waals surface area contributed by atoms with Crippen LogP contribution in [0.5, 0.6) is 0 Å². The van der Waals surface area contributed by atoms with Gasteiger partial charge in [-0.3, -0.25) is 9.59 Å². The van der Waals surface area contributed by atoms with E-state index < -0.39 is 23.8 Å². The fraction of sp³-hybridized carbons (Fsp3) is 0.111. The standard InChI is InChI=1S/C27H22N2O6S/c1-2-16-35-27(34)18-10-14-20(15-11-18)29-24(30)22(28-19-12-8-17(9-13-19)26(32)33)23(25(29)31)36-21-6-4-3-5-7-21/h3-15,28H,2,16H2,1H3,(H,32,33). The quantitative estimate of drug-likeness (QED) is 0.313. The van der Waals surface area contributed by atoms with Gasteiger partial charge in [-0.1, -0.05) is 36.9 Å². The van der Waals surface area contributed by atoms with Gasteiger partial charge in [0.25, 0.3) is 11.8 Å². The van der Waals surface area contributed by atoms with Crippen molar-refractivity contribution in [3.63, 3.8) is 0 Å². The molecule has 0 radical (unpaired) electrons. The van der Waals surface area contributed by atoms with Gasteiger partial charge in [0, 0.05) is 10.6 Å². The van der Waals surface area contributed by atoms with Gasteiger partial charge in [-0.05, 0) is 67.1 Å². The molecule has 0 aliphatic carbocycles. The third kappa shape index (κ3) is 5.31. The number of aromatic carboxylic acids is 1. The summed E-state index contributed by atoms with van der Waals surface area (Å²) in [5, 5.41) is 12.1. The Bertz CT molecular complexity index is 1330. The van der Waals surface area contributed by atoms with Crippen LogP contribution in [0.4, 0.5) is 11.4 Å². The number of carboxylic acids is 1. The van der Waals surface area contributed by atoms with Crippen molar-refractivity contribution in [1.29, 1.82) is 0 Å². The van der Waals surface area contributed by atoms with E-state index in [-0.39, 0.29) is 16.2 Å². The predicted octanol–water partition coefficient (Wildman–Crippen LogP) is 4.94. The van der Waals surface area contributed by atoms with Crippen molar-refractivity contribution in [3.8, 4) is 0 Å². The normalized spacial score (nSPS) is 13.2. The minimum absolute atomic E-state index is 0.0726. The molecular formula is C27H22N2O6S. The van der Waals surface area contributed by atoms with Crippen molar-refractivity contribution in [2.24, 2.45) is 0 Å². The highest BCUT2D eigenvalue weighted by Crippen LogP contribution is 2.37. The predicted molar refractivity (Wildman–Crippen MR) is 136 cm³/mol. The number of imide groups is 1. The van der Waals surface area contributed by atoms with Crippen LogP contribution in [-0.2, 0) is 14.3 Å². The fourth-order valence-corrected chi connectivity index (χ4v) is 4.37. The van der Waals surface area contributed by atoms with Crippen molar-refractivity contribution >= 4 is 46.9 Å². The maximum atomic E-state index is 13.4. The van der Waals surface area contributed by atoms with Crippen LogP contribution >= 0.6 is 11.8 Å². The Balaban J connectivity index is 1.64. The molecule has 0 unspecified atom stereocenters. The van der Waals surface area contributed by atoms with Crippen LogP contribution in [0.2, 0.25) is 0 Å². The van der Waals surface area contributed by atoms with Crippen molar-refractivity contribution < 1.29 is 29.0 Å². The van der Waals surface area contributed by atoms with E-state index in [2.05, 4.69) is 5.32 Å². The van der Waals surface area contributed by atoms with Gasteiger partial charge in [-0.2, -0.15) is 0 Å². The van der Waals surface area contributed by atoms with Crippen LogP contribution < -0.4 is 10.2 Å². The lowest BCUT2D eigenvalue weighted by Gasteiger charge is -2.16. The number of nitrogens with zero attached hydrogens (tertiary/aromatic N) is 1. The number of anilines is 2. The summed E-state index contributed by atoms with van der Waals surface area (Å²) in [5.41, 5.74) is 1.25. The summed E-state index contributed by atoms with van der Waals surface area (Å²) >= 11 is 1.15. The van der Waals surface area contributed by atoms with E-state index in [4.69, 9.17) is 9.84 Å². The summed E-state index contributed by atoms with van der Waals surface area (Å²) in [6, 6.07) is 21.1. The van der Waals surface area contributed by atoms with E-state index in [0.29, 0.717) is 30.0 Å². The second-order valence-corrected chi connectivity index (χ2v) is 8.84. The first-order valence-electron chi connectivity index (χ1n) is 11.1. The Kier molecular flexibility index (Phi) is 7.50. The summed E-state index contributed by atoms with van der Waals surface area (Å²) in [6.45, 7) is 2.20. The van der Waals surface area contributed by atoms with Gasteiger partial charge in [-0.15, -0.1) is 0 Å². The van der Waals surface area contributed by atoms with Gasteiger partial charge in [0.1, 0.15) is 10.6 Å². The Morgan fingerprint density at radius 1 is 0.889 bits per heavy atom. The van der Waals surface area contributed by atoms with Gasteiger partial charge in [0.15, 0.2) is 0 Å². The number of hydrogen-bond donors (Lipinski definition) is 2. The van der Waals surface area contributed by atoms with Gasteiger partial charge < -0.3 is 15.2 Å². The number of carbonyl (C=O) groups is 4. The van der Waals surface area contributed by atoms with Crippen LogP contribution in [0.3, 0.4) is 0 Å². The molecule has 3 aromatic carbocycles. The van der Waals surface area contributed by atoms with Crippen LogP contribution in [0.1, 0.15) is 34.1 Å². The van der Waals surface area contributed by atoms with Gasteiger partial charge in [-0.25, -0.2) is 14.5 Å². The number of esters is 1. The van der Waals surface area contributed by atoms with Crippen molar-refractivity contribution in [1.82, 2.24) is 0 Å². The van der Waals surface area contributed by atoms with Crippen LogP contribution in [-0.4, -0.2) is 35.5 Å². The average molecular weight is 503 g/mol. The third-order valence-corrected chi connectivity index (χ3v) is 6.29. The molecular weight excluding hydrogens is 480 g/mol. The van der Waals surface area contributed by atoms with E-state index in [1.54, 1.807) is 0 Å². The Morgan fingerprint density at radius 2 is 1.53 bits per heavy atom. The maximum absolute atomic E-state index is 13.4. The molecule has 0 saturated carbocycles. The van der Waals surface area contributed by atoms with Gasteiger partial charge in [0.2, 0.25) is 0 Å². The SMILES string of the molecule is CCCOC(=O)c1ccc(N2C(=O)C(Nc3ccc(C(=O)O)cc3)=C(Sc3ccccc3)C2=O)cc1. The summed E-state index contributed by atoms with van der Waals surface area (Å²) in [7, 11) is 0. The molecule has 0 bridgehead atoms. The van der Waals surface area contributed by atoms with E-state index in [1.807, 2.05) is 37.3 Å². The summed E-state index contributed by atoms with van der Waals surface area (Å²) in [5.74, 6) is -2.63. The molecule has 2 N–H and O–H groups in total. The van der Waals surface area contributed by atoms with E-state index in [9.17, 15) is 19.2 Å². The second kappa shape index (κ2) is 10.9. The molecule has 0 saturated heterocycles. The number of ether oxygens (including phenoxy) is 1. The van der Waals surface area contributed by atoms with Gasteiger partial charge in [0.05, 0.1) is 23.4 Å². The molecule has 3 aromatic rings. The molecule has 0 spiro atoms.